The lowest BCUT2D eigenvalue weighted by atomic mass is 9.90. The van der Waals surface area contributed by atoms with Gasteiger partial charge in [-0.15, -0.1) is 11.3 Å². The number of ether oxygens (including phenoxy) is 1. The molecule has 196 valence electrons. The van der Waals surface area contributed by atoms with Gasteiger partial charge in [0, 0.05) is 19.9 Å². The molecule has 3 aliphatic rings. The van der Waals surface area contributed by atoms with E-state index in [1.807, 2.05) is 0 Å². The molecule has 0 unspecified atom stereocenters. The number of benzene rings is 2. The first-order valence-electron chi connectivity index (χ1n) is 12.1. The van der Waals surface area contributed by atoms with Gasteiger partial charge in [0.1, 0.15) is 10.9 Å². The van der Waals surface area contributed by atoms with Crippen molar-refractivity contribution in [2.45, 2.75) is 37.8 Å². The summed E-state index contributed by atoms with van der Waals surface area (Å²) in [5.41, 5.74) is 2.35. The molecule has 2 aromatic carbocycles. The van der Waals surface area contributed by atoms with Gasteiger partial charge in [-0.25, -0.2) is 14.8 Å². The quantitative estimate of drug-likeness (QED) is 0.257. The van der Waals surface area contributed by atoms with Crippen molar-refractivity contribution < 1.29 is 24.0 Å². The number of esters is 1. The number of fused-ring (bicyclic) bond motifs is 2. The molecular formula is C27H21Cl3N2O5S. The van der Waals surface area contributed by atoms with E-state index in [0.717, 1.165) is 34.6 Å². The monoisotopic (exact) mass is 590 g/mol. The normalized spacial score (nSPS) is 22.6. The fourth-order valence-electron chi connectivity index (χ4n) is 5.51. The average molecular weight is 592 g/mol. The number of carbonyl (C=O) groups excluding carboxylic acids is 3. The molecule has 1 aromatic heterocycles. The van der Waals surface area contributed by atoms with Gasteiger partial charge in [0.2, 0.25) is 5.91 Å². The number of methoxy groups -OCH3 is 1. The number of hydroxylamine groups is 1. The van der Waals surface area contributed by atoms with Crippen LogP contribution in [-0.2, 0) is 32.0 Å². The summed E-state index contributed by atoms with van der Waals surface area (Å²) >= 11 is 20.2. The largest absolute Gasteiger partial charge is 0.465 e. The van der Waals surface area contributed by atoms with Crippen LogP contribution in [0.25, 0.3) is 0 Å². The lowest BCUT2D eigenvalue weighted by molar-refractivity contribution is -0.126. The lowest BCUT2D eigenvalue weighted by Gasteiger charge is -2.29. The maximum absolute atomic E-state index is 14.1. The Labute approximate surface area is 237 Å². The molecule has 38 heavy (non-hydrogen) atoms. The number of nitrogens with zero attached hydrogens (tertiary/aromatic N) is 2. The van der Waals surface area contributed by atoms with Crippen molar-refractivity contribution in [2.24, 2.45) is 5.92 Å². The van der Waals surface area contributed by atoms with Crippen molar-refractivity contribution in [3.8, 4) is 0 Å². The van der Waals surface area contributed by atoms with Crippen molar-refractivity contribution in [3.63, 3.8) is 0 Å². The summed E-state index contributed by atoms with van der Waals surface area (Å²) < 4.78 is 5.07. The van der Waals surface area contributed by atoms with Crippen molar-refractivity contribution in [1.82, 2.24) is 0 Å². The number of hydrogen-bond acceptors (Lipinski definition) is 7. The minimum absolute atomic E-state index is 0.296. The van der Waals surface area contributed by atoms with E-state index in [-0.39, 0.29) is 0 Å². The standard InChI is InChI=1S/C27H21Cl3N2O5S/c1-36-27(35)20-17-4-2-3-5-19(17)38-26(20)31-24(33)21-22(16-11-8-14(29)12-18(16)30)32(37-23(21)25(31)34)15-9-6-13(28)7-10-15/h6-12,21-23H,2-5H2,1H3/t21-,22-,23+/m1/s1. The maximum Gasteiger partial charge on any atom is 0.341 e. The van der Waals surface area contributed by atoms with E-state index < -0.39 is 35.8 Å². The highest BCUT2D eigenvalue weighted by atomic mass is 35.5. The number of imide groups is 1. The van der Waals surface area contributed by atoms with Crippen molar-refractivity contribution in [1.29, 1.82) is 0 Å². The van der Waals surface area contributed by atoms with Gasteiger partial charge in [0.25, 0.3) is 5.91 Å². The molecule has 6 rings (SSSR count). The van der Waals surface area contributed by atoms with Gasteiger partial charge in [0.15, 0.2) is 6.10 Å². The van der Waals surface area contributed by atoms with Crippen LogP contribution in [0.1, 0.15) is 45.2 Å². The number of hydrogen-bond donors (Lipinski definition) is 0. The minimum atomic E-state index is -1.11. The first-order chi connectivity index (χ1) is 18.3. The molecule has 3 aromatic rings. The third-order valence-electron chi connectivity index (χ3n) is 7.22. The zero-order chi connectivity index (χ0) is 26.7. The molecule has 0 saturated carbocycles. The van der Waals surface area contributed by atoms with Crippen LogP contribution in [-0.4, -0.2) is 31.0 Å². The molecule has 2 saturated heterocycles. The van der Waals surface area contributed by atoms with Crippen LogP contribution < -0.4 is 9.96 Å². The third kappa shape index (κ3) is 4.01. The molecule has 11 heteroatoms. The van der Waals surface area contributed by atoms with Gasteiger partial charge in [-0.2, -0.15) is 0 Å². The number of amides is 2. The lowest BCUT2D eigenvalue weighted by Crippen LogP contribution is -2.37. The fraction of sp³-hybridized carbons (Fsp3) is 0.296. The highest BCUT2D eigenvalue weighted by Gasteiger charge is 2.61. The summed E-state index contributed by atoms with van der Waals surface area (Å²) in [4.78, 5) is 49.2. The average Bonchev–Trinajstić information content (AvgIpc) is 3.54. The van der Waals surface area contributed by atoms with Crippen molar-refractivity contribution in [3.05, 3.63) is 79.1 Å². The predicted octanol–water partition coefficient (Wildman–Crippen LogP) is 6.42. The summed E-state index contributed by atoms with van der Waals surface area (Å²) in [6.07, 6.45) is 2.29. The number of carbonyl (C=O) groups is 3. The van der Waals surface area contributed by atoms with Gasteiger partial charge >= 0.3 is 5.97 Å². The number of anilines is 2. The zero-order valence-electron chi connectivity index (χ0n) is 20.1. The minimum Gasteiger partial charge on any atom is -0.465 e. The van der Waals surface area contributed by atoms with Gasteiger partial charge in [-0.3, -0.25) is 14.4 Å². The Hall–Kier alpha value is -2.62. The fourth-order valence-corrected chi connectivity index (χ4v) is 7.54. The topological polar surface area (TPSA) is 76.2 Å². The molecule has 0 N–H and O–H groups in total. The Morgan fingerprint density at radius 3 is 2.42 bits per heavy atom. The van der Waals surface area contributed by atoms with E-state index in [4.69, 9.17) is 44.4 Å². The third-order valence-corrected chi connectivity index (χ3v) is 9.31. The smallest absolute Gasteiger partial charge is 0.341 e. The Morgan fingerprint density at radius 1 is 1.00 bits per heavy atom. The molecule has 3 heterocycles. The predicted molar refractivity (Wildman–Crippen MR) is 146 cm³/mol. The Balaban J connectivity index is 1.46. The van der Waals surface area contributed by atoms with Crippen LogP contribution >= 0.6 is 46.1 Å². The van der Waals surface area contributed by atoms with Crippen molar-refractivity contribution in [2.75, 3.05) is 17.1 Å². The first-order valence-corrected chi connectivity index (χ1v) is 14.0. The molecular weight excluding hydrogens is 571 g/mol. The molecule has 2 aliphatic heterocycles. The molecule has 2 amide bonds. The number of aryl methyl sites for hydroxylation is 1. The first kappa shape index (κ1) is 25.6. The summed E-state index contributed by atoms with van der Waals surface area (Å²) in [6.45, 7) is 0. The Morgan fingerprint density at radius 2 is 1.71 bits per heavy atom. The van der Waals surface area contributed by atoms with Crippen LogP contribution in [0.3, 0.4) is 0 Å². The maximum atomic E-state index is 14.1. The van der Waals surface area contributed by atoms with E-state index >= 15 is 0 Å². The molecule has 0 bridgehead atoms. The van der Waals surface area contributed by atoms with Gasteiger partial charge in [-0.05, 0) is 73.2 Å². The highest BCUT2D eigenvalue weighted by molar-refractivity contribution is 7.17. The van der Waals surface area contributed by atoms with Crippen LogP contribution in [0.5, 0.6) is 0 Å². The number of rotatable bonds is 4. The summed E-state index contributed by atoms with van der Waals surface area (Å²) in [5, 5.41) is 3.15. The Bertz CT molecular complexity index is 1470. The van der Waals surface area contributed by atoms with Crippen LogP contribution in [0.2, 0.25) is 15.1 Å². The SMILES string of the molecule is COC(=O)c1c(N2C(=O)[C@H]3[C@H](ON(c4ccc(Cl)cc4)[C@@H]3c3ccc(Cl)cc3Cl)C2=O)sc2c1CCCC2. The molecule has 1 aliphatic carbocycles. The molecule has 3 atom stereocenters. The number of halogens is 3. The second-order valence-electron chi connectivity index (χ2n) is 9.36. The van der Waals surface area contributed by atoms with Crippen LogP contribution in [0, 0.1) is 5.92 Å². The van der Waals surface area contributed by atoms with E-state index in [1.165, 1.54) is 23.5 Å². The molecule has 7 nitrogen and oxygen atoms in total. The Kier molecular flexibility index (Phi) is 6.64. The van der Waals surface area contributed by atoms with E-state index in [1.54, 1.807) is 42.5 Å². The van der Waals surface area contributed by atoms with E-state index in [2.05, 4.69) is 0 Å². The van der Waals surface area contributed by atoms with E-state index in [9.17, 15) is 14.4 Å². The second kappa shape index (κ2) is 9.84. The van der Waals surface area contributed by atoms with Gasteiger partial charge in [0.05, 0.1) is 24.4 Å². The summed E-state index contributed by atoms with van der Waals surface area (Å²) in [7, 11) is 1.30. The summed E-state index contributed by atoms with van der Waals surface area (Å²) in [5.74, 6) is -2.47. The molecule has 0 spiro atoms. The van der Waals surface area contributed by atoms with Crippen LogP contribution in [0.15, 0.2) is 42.5 Å². The second-order valence-corrected chi connectivity index (χ2v) is 11.7. The zero-order valence-corrected chi connectivity index (χ0v) is 23.2. The van der Waals surface area contributed by atoms with Crippen molar-refractivity contribution >= 4 is 74.6 Å². The van der Waals surface area contributed by atoms with E-state index in [0.29, 0.717) is 43.3 Å². The molecule has 2 fully saturated rings. The van der Waals surface area contributed by atoms with Crippen LogP contribution in [0.4, 0.5) is 10.7 Å². The van der Waals surface area contributed by atoms with Gasteiger partial charge < -0.3 is 4.74 Å². The molecule has 0 radical (unpaired) electrons. The summed E-state index contributed by atoms with van der Waals surface area (Å²) in [6, 6.07) is 11.2. The van der Waals surface area contributed by atoms with Gasteiger partial charge in [-0.1, -0.05) is 40.9 Å². The number of thiophene rings is 1. The highest BCUT2D eigenvalue weighted by Crippen LogP contribution is 2.51.